The van der Waals surface area contributed by atoms with Gasteiger partial charge in [-0.1, -0.05) is 132 Å². The van der Waals surface area contributed by atoms with E-state index in [1.165, 1.54) is 83.5 Å². The quantitative estimate of drug-likeness (QED) is 0.241. The summed E-state index contributed by atoms with van der Waals surface area (Å²) in [5.41, 5.74) is 0. The van der Waals surface area contributed by atoms with E-state index in [2.05, 4.69) is 43.6 Å². The Kier molecular flexibility index (Phi) is 79.9. The van der Waals surface area contributed by atoms with Gasteiger partial charge in [-0.15, -0.1) is 0 Å². The molecule has 3 fully saturated rings. The van der Waals surface area contributed by atoms with Crippen molar-refractivity contribution in [1.82, 2.24) is 0 Å². The molecule has 3 saturated carbocycles. The molecule has 0 aromatic rings. The van der Waals surface area contributed by atoms with Gasteiger partial charge in [0.15, 0.2) is 0 Å². The van der Waals surface area contributed by atoms with Crippen LogP contribution in [0.2, 0.25) is 0 Å². The van der Waals surface area contributed by atoms with Crippen LogP contribution in [0.1, 0.15) is 132 Å². The molecule has 0 heterocycles. The first kappa shape index (κ1) is 66.7. The van der Waals surface area contributed by atoms with E-state index in [9.17, 15) is 0 Å². The average molecular weight is 836 g/mol. The second kappa shape index (κ2) is 50.3. The maximum Gasteiger partial charge on any atom is 2.00 e. The Bertz CT molecular complexity index is 386. The molecular formula is C33H75N3O3Zr3. The molecule has 9 heteroatoms. The molecule has 0 radical (unpaired) electrons. The number of aliphatic hydroxyl groups is 3. The topological polar surface area (TPSA) is 103 Å². The predicted molar refractivity (Wildman–Crippen MR) is 179 cm³/mol. The van der Waals surface area contributed by atoms with Crippen LogP contribution in [0.5, 0.6) is 0 Å². The molecule has 0 aromatic heterocycles. The molecule has 3 unspecified atom stereocenters. The maximum absolute atomic E-state index is 8.19. The van der Waals surface area contributed by atoms with Gasteiger partial charge in [0.05, 0.1) is 0 Å². The summed E-state index contributed by atoms with van der Waals surface area (Å²) in [6, 6.07) is 0. The fourth-order valence-electron chi connectivity index (χ4n) is 4.17. The van der Waals surface area contributed by atoms with Crippen LogP contribution in [-0.2, 0) is 78.6 Å². The molecule has 0 aliphatic heterocycles. The minimum atomic E-state index is -0.491. The van der Waals surface area contributed by atoms with Gasteiger partial charge in [0.1, 0.15) is 0 Å². The standard InChI is InChI=1S/C8H16.C7H14.C6H12.3C3H8NO.3CH3.3Zr/c1-7(2)8-5-3-4-6-8;1-2-7-5-3-4-6-7;1-6-4-2-3-5-6;3*1-3(5)4-2;;;;;;/h7-8H,3-6H2,1-2H3;7H,2-6H2,1H3;6H,2-5H2,1H3;3*3,5H,1-2H3;3*1H3;;;/q;;;6*-1;3*+2. The summed E-state index contributed by atoms with van der Waals surface area (Å²) in [6.45, 7) is 14.2. The minimum absolute atomic E-state index is 0. The largest absolute Gasteiger partial charge is 2.00 e. The van der Waals surface area contributed by atoms with Gasteiger partial charge in [-0.05, 0) is 42.4 Å². The summed E-state index contributed by atoms with van der Waals surface area (Å²) in [4.78, 5) is 0. The van der Waals surface area contributed by atoms with Crippen LogP contribution in [0, 0.1) is 46.0 Å². The van der Waals surface area contributed by atoms with E-state index in [4.69, 9.17) is 15.3 Å². The molecule has 3 aliphatic carbocycles. The number of rotatable bonds is 5. The molecule has 0 saturated heterocycles. The first-order chi connectivity index (χ1) is 16.9. The summed E-state index contributed by atoms with van der Waals surface area (Å²) in [5, 5.41) is 34.9. The van der Waals surface area contributed by atoms with Crippen molar-refractivity contribution in [2.45, 2.75) is 151 Å². The van der Waals surface area contributed by atoms with Crippen molar-refractivity contribution in [1.29, 1.82) is 0 Å². The number of nitrogens with zero attached hydrogens (tertiary/aromatic N) is 3. The first-order valence-electron chi connectivity index (χ1n) is 14.8. The van der Waals surface area contributed by atoms with E-state index in [-0.39, 0.29) is 101 Å². The zero-order chi connectivity index (χ0) is 28.4. The van der Waals surface area contributed by atoms with E-state index in [1.54, 1.807) is 41.9 Å². The summed E-state index contributed by atoms with van der Waals surface area (Å²) >= 11 is 0. The van der Waals surface area contributed by atoms with Crippen LogP contribution in [0.25, 0.3) is 16.0 Å². The van der Waals surface area contributed by atoms with Gasteiger partial charge < -0.3 is 53.5 Å². The van der Waals surface area contributed by atoms with Crippen molar-refractivity contribution in [3.63, 3.8) is 0 Å². The number of hydrogen-bond acceptors (Lipinski definition) is 3. The number of hydrogen-bond donors (Lipinski definition) is 3. The molecule has 252 valence electrons. The van der Waals surface area contributed by atoms with Gasteiger partial charge >= 0.3 is 78.6 Å². The smallest absolute Gasteiger partial charge is 0.640 e. The zero-order valence-corrected chi connectivity index (χ0v) is 37.8. The van der Waals surface area contributed by atoms with Crippen LogP contribution in [0.3, 0.4) is 0 Å². The van der Waals surface area contributed by atoms with Crippen molar-refractivity contribution < 1.29 is 93.9 Å². The van der Waals surface area contributed by atoms with Crippen LogP contribution >= 0.6 is 0 Å². The predicted octanol–water partition coefficient (Wildman–Crippen LogP) is 9.94. The molecule has 0 amide bonds. The molecule has 42 heavy (non-hydrogen) atoms. The molecule has 3 N–H and O–H groups in total. The van der Waals surface area contributed by atoms with Crippen LogP contribution in [0.4, 0.5) is 0 Å². The maximum atomic E-state index is 8.19. The Morgan fingerprint density at radius 2 is 0.786 bits per heavy atom. The van der Waals surface area contributed by atoms with Gasteiger partial charge in [-0.3, -0.25) is 0 Å². The fourth-order valence-corrected chi connectivity index (χ4v) is 4.17. The number of aliphatic hydroxyl groups excluding tert-OH is 3. The first-order valence-corrected chi connectivity index (χ1v) is 14.8. The summed E-state index contributed by atoms with van der Waals surface area (Å²) in [6.07, 6.45) is 17.9. The van der Waals surface area contributed by atoms with E-state index in [1.807, 2.05) is 0 Å². The molecule has 0 bridgehead atoms. The molecule has 6 nitrogen and oxygen atoms in total. The monoisotopic (exact) mass is 831 g/mol. The Morgan fingerprint density at radius 3 is 0.905 bits per heavy atom. The molecule has 3 rings (SSSR count). The Morgan fingerprint density at radius 1 is 0.548 bits per heavy atom. The Labute approximate surface area is 324 Å². The second-order valence-electron chi connectivity index (χ2n) is 10.9. The average Bonchev–Trinajstić information content (AvgIpc) is 3.64. The van der Waals surface area contributed by atoms with Crippen molar-refractivity contribution in [3.05, 3.63) is 38.2 Å². The normalized spacial score (nSPS) is 17.3. The third-order valence-electron chi connectivity index (χ3n) is 7.16. The zero-order valence-electron chi connectivity index (χ0n) is 30.4. The van der Waals surface area contributed by atoms with Gasteiger partial charge in [0.25, 0.3) is 0 Å². The SMILES string of the molecule is CC(C)C1CCCC1.CC1CCCC1.CCC1CCCC1.C[N-]C(C)O.C[N-]C(C)O.C[N-]C(C)O.[CH3-].[CH3-].[CH3-].[Zr+2].[Zr+2].[Zr+2]. The second-order valence-corrected chi connectivity index (χ2v) is 10.9. The van der Waals surface area contributed by atoms with E-state index < -0.39 is 18.7 Å². The molecule has 0 aromatic carbocycles. The van der Waals surface area contributed by atoms with Crippen molar-refractivity contribution in [2.24, 2.45) is 23.7 Å². The summed E-state index contributed by atoms with van der Waals surface area (Å²) < 4.78 is 0. The summed E-state index contributed by atoms with van der Waals surface area (Å²) in [7, 11) is 4.72. The fraction of sp³-hybridized carbons (Fsp3) is 0.909. The van der Waals surface area contributed by atoms with Crippen molar-refractivity contribution >= 4 is 0 Å². The molecule has 3 aliphatic rings. The third kappa shape index (κ3) is 58.0. The van der Waals surface area contributed by atoms with Crippen molar-refractivity contribution in [3.8, 4) is 0 Å². The van der Waals surface area contributed by atoms with Gasteiger partial charge in [0.2, 0.25) is 0 Å². The minimum Gasteiger partial charge on any atom is -0.640 e. The van der Waals surface area contributed by atoms with Crippen molar-refractivity contribution in [2.75, 3.05) is 21.1 Å². The van der Waals surface area contributed by atoms with Crippen LogP contribution < -0.4 is 0 Å². The van der Waals surface area contributed by atoms with E-state index in [0.29, 0.717) is 0 Å². The Balaban J connectivity index is -0.0000000437. The van der Waals surface area contributed by atoms with E-state index in [0.717, 1.165) is 23.7 Å². The third-order valence-corrected chi connectivity index (χ3v) is 7.16. The van der Waals surface area contributed by atoms with Gasteiger partial charge in [-0.25, -0.2) is 0 Å². The molecule has 3 atom stereocenters. The Hall–Kier alpha value is 2.41. The molecular weight excluding hydrogens is 760 g/mol. The van der Waals surface area contributed by atoms with Crippen LogP contribution in [-0.4, -0.2) is 55.1 Å². The van der Waals surface area contributed by atoms with Gasteiger partial charge in [0, 0.05) is 0 Å². The van der Waals surface area contributed by atoms with Gasteiger partial charge in [-0.2, -0.15) is 21.1 Å². The summed E-state index contributed by atoms with van der Waals surface area (Å²) in [5.74, 6) is 4.15. The van der Waals surface area contributed by atoms with Crippen LogP contribution in [0.15, 0.2) is 0 Å². The van der Waals surface area contributed by atoms with E-state index >= 15 is 0 Å². The molecule has 0 spiro atoms.